The number of carbonyl (C=O) groups is 1. The second kappa shape index (κ2) is 5.60. The van der Waals surface area contributed by atoms with Crippen LogP contribution in [0.25, 0.3) is 0 Å². The molecule has 2 aliphatic rings. The van der Waals surface area contributed by atoms with Crippen LogP contribution in [0, 0.1) is 5.92 Å². The Labute approximate surface area is 123 Å². The van der Waals surface area contributed by atoms with Crippen LogP contribution in [0.1, 0.15) is 48.9 Å². The highest BCUT2D eigenvalue weighted by Gasteiger charge is 2.34. The number of anilines is 1. The van der Waals surface area contributed by atoms with E-state index in [0.29, 0.717) is 6.04 Å². The minimum Gasteiger partial charge on any atom is -0.478 e. The lowest BCUT2D eigenvalue weighted by atomic mass is 9.78. The second-order valence-electron chi connectivity index (χ2n) is 5.79. The van der Waals surface area contributed by atoms with Gasteiger partial charge in [0.25, 0.3) is 0 Å². The molecule has 0 spiro atoms. The van der Waals surface area contributed by atoms with E-state index in [1.165, 1.54) is 38.2 Å². The number of rotatable bonds is 2. The Morgan fingerprint density at radius 2 is 2.00 bits per heavy atom. The molecule has 1 saturated carbocycles. The molecule has 5 heteroatoms. The van der Waals surface area contributed by atoms with E-state index >= 15 is 0 Å². The standard InChI is InChI=1S/C15H19ClN2O2/c16-13-8-11(15(19)20)9-14(17-13)18-7-3-5-10-4-1-2-6-12(10)18/h8-10,12H,1-7H2,(H,19,20)/t10-,12-/m1/s1. The average Bonchev–Trinajstić information content (AvgIpc) is 2.46. The highest BCUT2D eigenvalue weighted by atomic mass is 35.5. The third-order valence-corrected chi connectivity index (χ3v) is 4.76. The first kappa shape index (κ1) is 13.7. The van der Waals surface area contributed by atoms with E-state index in [9.17, 15) is 4.79 Å². The Kier molecular flexibility index (Phi) is 3.83. The molecular weight excluding hydrogens is 276 g/mol. The van der Waals surface area contributed by atoms with Crippen LogP contribution in [0.3, 0.4) is 0 Å². The predicted molar refractivity (Wildman–Crippen MR) is 78.5 cm³/mol. The molecule has 0 bridgehead atoms. The van der Waals surface area contributed by atoms with E-state index in [4.69, 9.17) is 16.7 Å². The first-order chi connectivity index (χ1) is 9.65. The monoisotopic (exact) mass is 294 g/mol. The molecular formula is C15H19ClN2O2. The molecule has 0 aromatic carbocycles. The Bertz CT molecular complexity index is 519. The summed E-state index contributed by atoms with van der Waals surface area (Å²) in [4.78, 5) is 17.8. The van der Waals surface area contributed by atoms with Gasteiger partial charge in [-0.3, -0.25) is 0 Å². The van der Waals surface area contributed by atoms with Gasteiger partial charge in [0.15, 0.2) is 0 Å². The number of fused-ring (bicyclic) bond motifs is 1. The summed E-state index contributed by atoms with van der Waals surface area (Å²) in [6, 6.07) is 3.58. The van der Waals surface area contributed by atoms with Crippen molar-refractivity contribution in [3.63, 3.8) is 0 Å². The average molecular weight is 295 g/mol. The molecule has 2 atom stereocenters. The van der Waals surface area contributed by atoms with Crippen molar-refractivity contribution in [2.75, 3.05) is 11.4 Å². The number of aromatic nitrogens is 1. The van der Waals surface area contributed by atoms with Gasteiger partial charge in [0, 0.05) is 12.6 Å². The van der Waals surface area contributed by atoms with Crippen molar-refractivity contribution in [1.29, 1.82) is 0 Å². The normalized spacial score (nSPS) is 26.1. The molecule has 1 aliphatic heterocycles. The molecule has 4 nitrogen and oxygen atoms in total. The third kappa shape index (κ3) is 2.62. The Hall–Kier alpha value is -1.29. The number of hydrogen-bond donors (Lipinski definition) is 1. The molecule has 1 aliphatic carbocycles. The zero-order chi connectivity index (χ0) is 14.1. The van der Waals surface area contributed by atoms with Crippen LogP contribution in [0.5, 0.6) is 0 Å². The van der Waals surface area contributed by atoms with Crippen LogP contribution in [-0.2, 0) is 0 Å². The molecule has 108 valence electrons. The van der Waals surface area contributed by atoms with Crippen molar-refractivity contribution in [3.8, 4) is 0 Å². The van der Waals surface area contributed by atoms with Crippen LogP contribution in [0.2, 0.25) is 5.15 Å². The SMILES string of the molecule is O=C(O)c1cc(Cl)nc(N2CCC[C@H]3CCCC[C@H]32)c1. The van der Waals surface area contributed by atoms with E-state index in [-0.39, 0.29) is 10.7 Å². The summed E-state index contributed by atoms with van der Waals surface area (Å²) in [6.45, 7) is 0.952. The van der Waals surface area contributed by atoms with Crippen molar-refractivity contribution >= 4 is 23.4 Å². The molecule has 20 heavy (non-hydrogen) atoms. The largest absolute Gasteiger partial charge is 0.478 e. The maximum absolute atomic E-state index is 11.2. The van der Waals surface area contributed by atoms with Crippen molar-refractivity contribution in [1.82, 2.24) is 4.98 Å². The fourth-order valence-corrected chi connectivity index (χ4v) is 3.87. The maximum atomic E-state index is 11.2. The highest BCUT2D eigenvalue weighted by Crippen LogP contribution is 2.37. The predicted octanol–water partition coefficient (Wildman–Crippen LogP) is 3.59. The lowest BCUT2D eigenvalue weighted by Crippen LogP contribution is -2.47. The van der Waals surface area contributed by atoms with E-state index < -0.39 is 5.97 Å². The van der Waals surface area contributed by atoms with Gasteiger partial charge in [-0.15, -0.1) is 0 Å². The Morgan fingerprint density at radius 1 is 1.25 bits per heavy atom. The minimum atomic E-state index is -0.951. The topological polar surface area (TPSA) is 53.4 Å². The number of carboxylic acids is 1. The third-order valence-electron chi connectivity index (χ3n) is 4.57. The van der Waals surface area contributed by atoms with Gasteiger partial charge in [0.05, 0.1) is 5.56 Å². The molecule has 1 saturated heterocycles. The number of carboxylic acid groups (broad SMARTS) is 1. The summed E-state index contributed by atoms with van der Waals surface area (Å²) in [6.07, 6.45) is 7.47. The van der Waals surface area contributed by atoms with Crippen LogP contribution >= 0.6 is 11.6 Å². The number of pyridine rings is 1. The molecule has 1 aromatic heterocycles. The van der Waals surface area contributed by atoms with Crippen LogP contribution in [-0.4, -0.2) is 28.6 Å². The van der Waals surface area contributed by atoms with Crippen LogP contribution in [0.4, 0.5) is 5.82 Å². The molecule has 0 unspecified atom stereocenters. The molecule has 1 N–H and O–H groups in total. The van der Waals surface area contributed by atoms with Gasteiger partial charge in [-0.25, -0.2) is 9.78 Å². The van der Waals surface area contributed by atoms with Gasteiger partial charge < -0.3 is 10.0 Å². The fraction of sp³-hybridized carbons (Fsp3) is 0.600. The van der Waals surface area contributed by atoms with E-state index in [1.54, 1.807) is 6.07 Å². The van der Waals surface area contributed by atoms with Gasteiger partial charge in [-0.05, 0) is 43.7 Å². The lowest BCUT2D eigenvalue weighted by Gasteiger charge is -2.44. The molecule has 3 rings (SSSR count). The smallest absolute Gasteiger partial charge is 0.335 e. The van der Waals surface area contributed by atoms with Crippen molar-refractivity contribution in [3.05, 3.63) is 22.8 Å². The minimum absolute atomic E-state index is 0.220. The highest BCUT2D eigenvalue weighted by molar-refractivity contribution is 6.29. The van der Waals surface area contributed by atoms with Crippen molar-refractivity contribution < 1.29 is 9.90 Å². The summed E-state index contributed by atoms with van der Waals surface area (Å²) in [5.41, 5.74) is 0.220. The fourth-order valence-electron chi connectivity index (χ4n) is 3.66. The summed E-state index contributed by atoms with van der Waals surface area (Å²) in [5.74, 6) is 0.505. The van der Waals surface area contributed by atoms with Gasteiger partial charge in [-0.2, -0.15) is 0 Å². The molecule has 2 fully saturated rings. The van der Waals surface area contributed by atoms with E-state index in [0.717, 1.165) is 24.7 Å². The molecule has 0 amide bonds. The summed E-state index contributed by atoms with van der Waals surface area (Å²) in [7, 11) is 0. The summed E-state index contributed by atoms with van der Waals surface area (Å²) < 4.78 is 0. The summed E-state index contributed by atoms with van der Waals surface area (Å²) >= 11 is 5.99. The van der Waals surface area contributed by atoms with E-state index in [1.807, 2.05) is 0 Å². The number of hydrogen-bond acceptors (Lipinski definition) is 3. The quantitative estimate of drug-likeness (QED) is 0.847. The van der Waals surface area contributed by atoms with Crippen LogP contribution in [0.15, 0.2) is 12.1 Å². The first-order valence-corrected chi connectivity index (χ1v) is 7.70. The molecule has 2 heterocycles. The number of nitrogens with zero attached hydrogens (tertiary/aromatic N) is 2. The zero-order valence-corrected chi connectivity index (χ0v) is 12.1. The molecule has 0 radical (unpaired) electrons. The van der Waals surface area contributed by atoms with Crippen molar-refractivity contribution in [2.45, 2.75) is 44.6 Å². The number of piperidine rings is 1. The summed E-state index contributed by atoms with van der Waals surface area (Å²) in [5, 5.41) is 9.42. The van der Waals surface area contributed by atoms with Gasteiger partial charge in [0.2, 0.25) is 0 Å². The van der Waals surface area contributed by atoms with Gasteiger partial charge in [0.1, 0.15) is 11.0 Å². The lowest BCUT2D eigenvalue weighted by molar-refractivity contribution is 0.0696. The first-order valence-electron chi connectivity index (χ1n) is 7.32. The van der Waals surface area contributed by atoms with Crippen LogP contribution < -0.4 is 4.90 Å². The Balaban J connectivity index is 1.92. The zero-order valence-electron chi connectivity index (χ0n) is 11.4. The van der Waals surface area contributed by atoms with E-state index in [2.05, 4.69) is 9.88 Å². The second-order valence-corrected chi connectivity index (χ2v) is 6.18. The molecule has 1 aromatic rings. The Morgan fingerprint density at radius 3 is 2.80 bits per heavy atom. The number of halogens is 1. The van der Waals surface area contributed by atoms with Gasteiger partial charge in [-0.1, -0.05) is 24.4 Å². The van der Waals surface area contributed by atoms with Gasteiger partial charge >= 0.3 is 5.97 Å². The maximum Gasteiger partial charge on any atom is 0.335 e. The number of aromatic carboxylic acids is 1. The van der Waals surface area contributed by atoms with Crippen molar-refractivity contribution in [2.24, 2.45) is 5.92 Å².